The van der Waals surface area contributed by atoms with Gasteiger partial charge in [0.05, 0.1) is 0 Å². The van der Waals surface area contributed by atoms with Crippen LogP contribution < -0.4 is 5.32 Å². The topological polar surface area (TPSA) is 66.4 Å². The number of carboxylic acid groups (broad SMARTS) is 1. The van der Waals surface area contributed by atoms with E-state index in [2.05, 4.69) is 5.32 Å². The fourth-order valence-corrected chi connectivity index (χ4v) is 1.53. The van der Waals surface area contributed by atoms with Crippen molar-refractivity contribution >= 4 is 11.9 Å². The summed E-state index contributed by atoms with van der Waals surface area (Å²) in [6, 6.07) is -0.691. The van der Waals surface area contributed by atoms with Gasteiger partial charge in [0, 0.05) is 6.42 Å². The number of hydrogen-bond acceptors (Lipinski definition) is 2. The van der Waals surface area contributed by atoms with Gasteiger partial charge in [0.1, 0.15) is 6.04 Å². The summed E-state index contributed by atoms with van der Waals surface area (Å²) in [5.74, 6) is -0.303. The molecule has 0 aliphatic heterocycles. The molecule has 0 aromatic rings. The van der Waals surface area contributed by atoms with Crippen LogP contribution in [0.4, 0.5) is 0 Å². The van der Waals surface area contributed by atoms with Crippen molar-refractivity contribution in [1.82, 2.24) is 5.32 Å². The Bertz CT molecular complexity index is 246. The van der Waals surface area contributed by atoms with Crippen LogP contribution in [-0.4, -0.2) is 23.0 Å². The Kier molecular flexibility index (Phi) is 4.12. The third-order valence-electron chi connectivity index (χ3n) is 2.49. The van der Waals surface area contributed by atoms with Gasteiger partial charge in [-0.15, -0.1) is 0 Å². The molecular weight excluding hydrogens is 194 g/mol. The van der Waals surface area contributed by atoms with Gasteiger partial charge in [0.15, 0.2) is 0 Å². The number of carbonyl (C=O) groups is 2. The highest BCUT2D eigenvalue weighted by Gasteiger charge is 2.30. The Morgan fingerprint density at radius 3 is 2.40 bits per heavy atom. The van der Waals surface area contributed by atoms with E-state index in [1.165, 1.54) is 0 Å². The first kappa shape index (κ1) is 12.0. The number of hydrogen-bond donors (Lipinski definition) is 2. The molecule has 1 aliphatic carbocycles. The molecule has 0 spiro atoms. The van der Waals surface area contributed by atoms with Crippen molar-refractivity contribution in [2.24, 2.45) is 11.8 Å². The van der Waals surface area contributed by atoms with Crippen LogP contribution in [0.2, 0.25) is 0 Å². The molecular formula is C11H19NO3. The molecule has 0 unspecified atom stereocenters. The molecule has 4 nitrogen and oxygen atoms in total. The van der Waals surface area contributed by atoms with E-state index in [4.69, 9.17) is 5.11 Å². The zero-order chi connectivity index (χ0) is 11.4. The number of aliphatic carboxylic acids is 1. The van der Waals surface area contributed by atoms with E-state index >= 15 is 0 Å². The predicted octanol–water partition coefficient (Wildman–Crippen LogP) is 1.40. The second-order valence-electron chi connectivity index (χ2n) is 4.74. The molecule has 2 N–H and O–H groups in total. The SMILES string of the molecule is CC(C)CC(=O)N[C@H](CC1CC1)C(=O)O. The van der Waals surface area contributed by atoms with Crippen molar-refractivity contribution in [3.05, 3.63) is 0 Å². The van der Waals surface area contributed by atoms with E-state index in [1.54, 1.807) is 0 Å². The van der Waals surface area contributed by atoms with E-state index in [9.17, 15) is 9.59 Å². The highest BCUT2D eigenvalue weighted by Crippen LogP contribution is 2.33. The van der Waals surface area contributed by atoms with E-state index in [-0.39, 0.29) is 11.8 Å². The summed E-state index contributed by atoms with van der Waals surface area (Å²) >= 11 is 0. The average molecular weight is 213 g/mol. The minimum Gasteiger partial charge on any atom is -0.480 e. The van der Waals surface area contributed by atoms with Gasteiger partial charge in [-0.3, -0.25) is 4.79 Å². The molecule has 1 amide bonds. The molecule has 1 aliphatic rings. The Balaban J connectivity index is 2.35. The smallest absolute Gasteiger partial charge is 0.326 e. The van der Waals surface area contributed by atoms with Crippen LogP contribution in [0.3, 0.4) is 0 Å². The number of amides is 1. The third kappa shape index (κ3) is 4.81. The van der Waals surface area contributed by atoms with Gasteiger partial charge in [-0.2, -0.15) is 0 Å². The van der Waals surface area contributed by atoms with Crippen molar-refractivity contribution in [1.29, 1.82) is 0 Å². The zero-order valence-corrected chi connectivity index (χ0v) is 9.32. The van der Waals surface area contributed by atoms with Crippen LogP contribution in [0, 0.1) is 11.8 Å². The van der Waals surface area contributed by atoms with E-state index in [0.717, 1.165) is 12.8 Å². The lowest BCUT2D eigenvalue weighted by Gasteiger charge is -2.14. The van der Waals surface area contributed by atoms with Crippen molar-refractivity contribution in [2.75, 3.05) is 0 Å². The molecule has 1 rings (SSSR count). The van der Waals surface area contributed by atoms with E-state index in [1.807, 2.05) is 13.8 Å². The molecule has 1 saturated carbocycles. The summed E-state index contributed by atoms with van der Waals surface area (Å²) in [6.45, 7) is 3.88. The molecule has 1 atom stereocenters. The quantitative estimate of drug-likeness (QED) is 0.701. The highest BCUT2D eigenvalue weighted by molar-refractivity contribution is 5.83. The largest absolute Gasteiger partial charge is 0.480 e. The maximum absolute atomic E-state index is 11.4. The van der Waals surface area contributed by atoms with E-state index in [0.29, 0.717) is 18.8 Å². The molecule has 0 saturated heterocycles. The number of carboxylic acids is 1. The number of rotatable bonds is 6. The molecule has 86 valence electrons. The fraction of sp³-hybridized carbons (Fsp3) is 0.818. The highest BCUT2D eigenvalue weighted by atomic mass is 16.4. The summed E-state index contributed by atoms with van der Waals surface area (Å²) in [4.78, 5) is 22.3. The van der Waals surface area contributed by atoms with E-state index < -0.39 is 12.0 Å². The second kappa shape index (κ2) is 5.14. The summed E-state index contributed by atoms with van der Waals surface area (Å²) in [6.07, 6.45) is 3.18. The van der Waals surface area contributed by atoms with Crippen LogP contribution >= 0.6 is 0 Å². The summed E-state index contributed by atoms with van der Waals surface area (Å²) < 4.78 is 0. The van der Waals surface area contributed by atoms with Crippen LogP contribution in [-0.2, 0) is 9.59 Å². The van der Waals surface area contributed by atoms with Crippen LogP contribution in [0.25, 0.3) is 0 Å². The summed E-state index contributed by atoms with van der Waals surface area (Å²) in [7, 11) is 0. The van der Waals surface area contributed by atoms with Gasteiger partial charge in [-0.1, -0.05) is 26.7 Å². The minimum absolute atomic E-state index is 0.155. The van der Waals surface area contributed by atoms with Gasteiger partial charge in [-0.05, 0) is 18.3 Å². The monoisotopic (exact) mass is 213 g/mol. The number of carbonyl (C=O) groups excluding carboxylic acids is 1. The van der Waals surface area contributed by atoms with Crippen molar-refractivity contribution < 1.29 is 14.7 Å². The normalized spacial score (nSPS) is 17.5. The first-order valence-corrected chi connectivity index (χ1v) is 5.51. The number of nitrogens with one attached hydrogen (secondary N) is 1. The lowest BCUT2D eigenvalue weighted by molar-refractivity contribution is -0.142. The Hall–Kier alpha value is -1.06. The summed E-state index contributed by atoms with van der Waals surface area (Å²) in [5, 5.41) is 11.5. The van der Waals surface area contributed by atoms with Crippen LogP contribution in [0.5, 0.6) is 0 Å². The molecule has 4 heteroatoms. The van der Waals surface area contributed by atoms with Crippen molar-refractivity contribution in [2.45, 2.75) is 45.6 Å². The lowest BCUT2D eigenvalue weighted by Crippen LogP contribution is -2.41. The maximum Gasteiger partial charge on any atom is 0.326 e. The maximum atomic E-state index is 11.4. The van der Waals surface area contributed by atoms with Crippen molar-refractivity contribution in [3.8, 4) is 0 Å². The molecule has 0 aromatic carbocycles. The molecule has 0 aromatic heterocycles. The lowest BCUT2D eigenvalue weighted by atomic mass is 10.1. The molecule has 0 radical (unpaired) electrons. The first-order valence-electron chi connectivity index (χ1n) is 5.51. The van der Waals surface area contributed by atoms with Gasteiger partial charge < -0.3 is 10.4 Å². The Labute approximate surface area is 90.0 Å². The van der Waals surface area contributed by atoms with Gasteiger partial charge >= 0.3 is 5.97 Å². The predicted molar refractivity (Wildman–Crippen MR) is 56.4 cm³/mol. The minimum atomic E-state index is -0.918. The Morgan fingerprint density at radius 1 is 1.40 bits per heavy atom. The third-order valence-corrected chi connectivity index (χ3v) is 2.49. The van der Waals surface area contributed by atoms with Gasteiger partial charge in [0.2, 0.25) is 5.91 Å². The zero-order valence-electron chi connectivity index (χ0n) is 9.32. The van der Waals surface area contributed by atoms with Crippen LogP contribution in [0.15, 0.2) is 0 Å². The van der Waals surface area contributed by atoms with Crippen molar-refractivity contribution in [3.63, 3.8) is 0 Å². The molecule has 1 fully saturated rings. The molecule has 0 heterocycles. The standard InChI is InChI=1S/C11H19NO3/c1-7(2)5-10(13)12-9(11(14)15)6-8-3-4-8/h7-9H,3-6H2,1-2H3,(H,12,13)(H,14,15)/t9-/m1/s1. The Morgan fingerprint density at radius 2 is 2.00 bits per heavy atom. The average Bonchev–Trinajstić information content (AvgIpc) is 2.85. The van der Waals surface area contributed by atoms with Crippen LogP contribution in [0.1, 0.15) is 39.5 Å². The molecule has 15 heavy (non-hydrogen) atoms. The second-order valence-corrected chi connectivity index (χ2v) is 4.74. The summed E-state index contributed by atoms with van der Waals surface area (Å²) in [5.41, 5.74) is 0. The fourth-order valence-electron chi connectivity index (χ4n) is 1.53. The molecule has 0 bridgehead atoms. The first-order chi connectivity index (χ1) is 6.99. The van der Waals surface area contributed by atoms with Gasteiger partial charge in [-0.25, -0.2) is 4.79 Å². The van der Waals surface area contributed by atoms with Gasteiger partial charge in [0.25, 0.3) is 0 Å².